The van der Waals surface area contributed by atoms with Crippen LogP contribution in [0.4, 0.5) is 0 Å². The summed E-state index contributed by atoms with van der Waals surface area (Å²) >= 11 is 0. The number of Topliss-reactive ketones (excluding diaryl/α,β-unsaturated/α-hetero) is 1. The predicted molar refractivity (Wildman–Crippen MR) is 77.9 cm³/mol. The van der Waals surface area contributed by atoms with Gasteiger partial charge in [0.25, 0.3) is 0 Å². The third-order valence-corrected chi connectivity index (χ3v) is 4.49. The molecule has 4 nitrogen and oxygen atoms in total. The molecule has 2 aromatic rings. The van der Waals surface area contributed by atoms with Gasteiger partial charge in [0.1, 0.15) is 0 Å². The highest BCUT2D eigenvalue weighted by atomic mass is 16.1. The minimum atomic E-state index is 0.0170. The maximum Gasteiger partial charge on any atom is 0.181 e. The van der Waals surface area contributed by atoms with E-state index < -0.39 is 0 Å². The molecule has 0 aliphatic carbocycles. The zero-order valence-corrected chi connectivity index (χ0v) is 11.3. The lowest BCUT2D eigenvalue weighted by atomic mass is 9.95. The zero-order chi connectivity index (χ0) is 13.5. The van der Waals surface area contributed by atoms with Crippen LogP contribution >= 0.6 is 0 Å². The first-order valence-corrected chi connectivity index (χ1v) is 7.17. The number of fused-ring (bicyclic) bond motifs is 4. The van der Waals surface area contributed by atoms with Crippen molar-refractivity contribution in [3.8, 4) is 0 Å². The Morgan fingerprint density at radius 2 is 1.95 bits per heavy atom. The molecule has 0 amide bonds. The topological polar surface area (TPSA) is 36.4 Å². The molecule has 0 N–H and O–H groups in total. The molecule has 3 fully saturated rings. The Labute approximate surface area is 118 Å². The Balaban J connectivity index is 1.74. The quantitative estimate of drug-likeness (QED) is 0.771. The normalized spacial score (nSPS) is 28.7. The van der Waals surface area contributed by atoms with Crippen molar-refractivity contribution < 1.29 is 4.79 Å². The van der Waals surface area contributed by atoms with Crippen LogP contribution in [0.2, 0.25) is 0 Å². The molecule has 102 valence electrons. The highest BCUT2D eigenvalue weighted by Gasteiger charge is 2.36. The average molecular weight is 267 g/mol. The third-order valence-electron chi connectivity index (χ3n) is 4.49. The summed E-state index contributed by atoms with van der Waals surface area (Å²) in [7, 11) is 0. The number of ketones is 1. The van der Waals surface area contributed by atoms with Gasteiger partial charge in [-0.2, -0.15) is 0 Å². The molecular formula is C16H17N3O. The van der Waals surface area contributed by atoms with E-state index in [1.54, 1.807) is 6.20 Å². The summed E-state index contributed by atoms with van der Waals surface area (Å²) in [5.41, 5.74) is 1.71. The first-order valence-electron chi connectivity index (χ1n) is 7.17. The van der Waals surface area contributed by atoms with Crippen LogP contribution in [0, 0.1) is 0 Å². The zero-order valence-electron chi connectivity index (χ0n) is 11.3. The van der Waals surface area contributed by atoms with Crippen molar-refractivity contribution in [1.82, 2.24) is 14.8 Å². The molecule has 0 radical (unpaired) electrons. The lowest BCUT2D eigenvalue weighted by molar-refractivity contribution is 0.0160. The molecule has 4 heterocycles. The number of carbonyl (C=O) groups excluding carboxylic acids is 1. The van der Waals surface area contributed by atoms with Crippen LogP contribution in [0.25, 0.3) is 10.9 Å². The van der Waals surface area contributed by atoms with Gasteiger partial charge >= 0.3 is 0 Å². The molecule has 20 heavy (non-hydrogen) atoms. The number of nitrogens with zero attached hydrogens (tertiary/aromatic N) is 3. The van der Waals surface area contributed by atoms with Gasteiger partial charge in [0.15, 0.2) is 5.78 Å². The summed E-state index contributed by atoms with van der Waals surface area (Å²) in [5.74, 6) is 0.244. The van der Waals surface area contributed by atoms with E-state index in [4.69, 9.17) is 0 Å². The fourth-order valence-corrected chi connectivity index (χ4v) is 3.36. The highest BCUT2D eigenvalue weighted by Crippen LogP contribution is 2.23. The number of aromatic nitrogens is 1. The van der Waals surface area contributed by atoms with Gasteiger partial charge in [0, 0.05) is 49.9 Å². The monoisotopic (exact) mass is 267 g/mol. The Kier molecular flexibility index (Phi) is 2.79. The van der Waals surface area contributed by atoms with Crippen LogP contribution in [0.3, 0.4) is 0 Å². The van der Waals surface area contributed by atoms with E-state index in [9.17, 15) is 4.79 Å². The number of pyridine rings is 1. The molecule has 5 rings (SSSR count). The highest BCUT2D eigenvalue weighted by molar-refractivity contribution is 6.10. The molecule has 3 saturated heterocycles. The van der Waals surface area contributed by atoms with Crippen LogP contribution in [0.1, 0.15) is 10.4 Å². The Bertz CT molecular complexity index is 656. The first-order chi connectivity index (χ1) is 9.83. The maximum atomic E-state index is 12.9. The van der Waals surface area contributed by atoms with Gasteiger partial charge in [0.05, 0.1) is 11.6 Å². The van der Waals surface area contributed by atoms with Crippen LogP contribution in [0.5, 0.6) is 0 Å². The fraction of sp³-hybridized carbons (Fsp3) is 0.375. The van der Waals surface area contributed by atoms with Crippen LogP contribution in [0.15, 0.2) is 36.5 Å². The number of hydrogen-bond donors (Lipinski definition) is 0. The Hall–Kier alpha value is -1.78. The van der Waals surface area contributed by atoms with Crippen molar-refractivity contribution >= 4 is 16.7 Å². The number of rotatable bonds is 2. The van der Waals surface area contributed by atoms with Crippen LogP contribution in [-0.2, 0) is 0 Å². The van der Waals surface area contributed by atoms with Gasteiger partial charge in [-0.3, -0.25) is 19.6 Å². The first kappa shape index (κ1) is 12.0. The van der Waals surface area contributed by atoms with Crippen molar-refractivity contribution in [3.63, 3.8) is 0 Å². The van der Waals surface area contributed by atoms with Crippen molar-refractivity contribution in [2.45, 2.75) is 6.04 Å². The average Bonchev–Trinajstić information content (AvgIpc) is 2.54. The molecule has 2 bridgehead atoms. The second-order valence-electron chi connectivity index (χ2n) is 5.59. The molecule has 1 unspecified atom stereocenters. The maximum absolute atomic E-state index is 12.9. The van der Waals surface area contributed by atoms with E-state index >= 15 is 0 Å². The summed E-state index contributed by atoms with van der Waals surface area (Å²) in [6, 6.07) is 9.73. The minimum absolute atomic E-state index is 0.0170. The largest absolute Gasteiger partial charge is 0.299 e. The van der Waals surface area contributed by atoms with Crippen molar-refractivity contribution in [2.75, 3.05) is 32.7 Å². The second-order valence-corrected chi connectivity index (χ2v) is 5.59. The van der Waals surface area contributed by atoms with Gasteiger partial charge in [-0.1, -0.05) is 18.2 Å². The number of piperazine rings is 3. The number of carbonyl (C=O) groups is 1. The molecule has 0 saturated carbocycles. The molecule has 1 aromatic carbocycles. The summed E-state index contributed by atoms with van der Waals surface area (Å²) < 4.78 is 0. The minimum Gasteiger partial charge on any atom is -0.299 e. The van der Waals surface area contributed by atoms with E-state index in [-0.39, 0.29) is 11.8 Å². The summed E-state index contributed by atoms with van der Waals surface area (Å²) in [6.45, 7) is 5.09. The van der Waals surface area contributed by atoms with Gasteiger partial charge in [-0.15, -0.1) is 0 Å². The molecule has 1 aromatic heterocycles. The van der Waals surface area contributed by atoms with Gasteiger partial charge < -0.3 is 0 Å². The van der Waals surface area contributed by atoms with E-state index in [0.717, 1.165) is 49.2 Å². The van der Waals surface area contributed by atoms with E-state index in [2.05, 4.69) is 14.8 Å². The fourth-order valence-electron chi connectivity index (χ4n) is 3.36. The van der Waals surface area contributed by atoms with Gasteiger partial charge in [-0.25, -0.2) is 0 Å². The van der Waals surface area contributed by atoms with Crippen LogP contribution in [-0.4, -0.2) is 59.3 Å². The van der Waals surface area contributed by atoms with E-state index in [0.29, 0.717) is 0 Å². The number of hydrogen-bond acceptors (Lipinski definition) is 4. The number of benzene rings is 1. The van der Waals surface area contributed by atoms with Gasteiger partial charge in [0.2, 0.25) is 0 Å². The van der Waals surface area contributed by atoms with E-state index in [1.165, 1.54) is 0 Å². The van der Waals surface area contributed by atoms with Crippen LogP contribution < -0.4 is 0 Å². The lowest BCUT2D eigenvalue weighted by Crippen LogP contribution is -2.63. The molecule has 3 aliphatic rings. The molecule has 0 spiro atoms. The van der Waals surface area contributed by atoms with Crippen molar-refractivity contribution in [1.29, 1.82) is 0 Å². The van der Waals surface area contributed by atoms with E-state index in [1.807, 2.05) is 30.3 Å². The smallest absolute Gasteiger partial charge is 0.181 e. The molecular weight excluding hydrogens is 250 g/mol. The summed E-state index contributed by atoms with van der Waals surface area (Å²) in [4.78, 5) is 22.0. The lowest BCUT2D eigenvalue weighted by Gasteiger charge is -2.46. The predicted octanol–water partition coefficient (Wildman–Crippen LogP) is 1.42. The van der Waals surface area contributed by atoms with Crippen molar-refractivity contribution in [2.24, 2.45) is 0 Å². The summed E-state index contributed by atoms with van der Waals surface area (Å²) in [5, 5.41) is 0.970. The molecule has 3 aliphatic heterocycles. The molecule has 4 heteroatoms. The molecule has 1 atom stereocenters. The Morgan fingerprint density at radius 3 is 2.70 bits per heavy atom. The second kappa shape index (κ2) is 4.65. The Morgan fingerprint density at radius 1 is 1.10 bits per heavy atom. The standard InChI is InChI=1S/C16H17N3O/c20-16(15-11-18-7-9-19(15)10-8-18)13-3-1-5-14-12(13)4-2-6-17-14/h1-6,15H,7-11H2. The van der Waals surface area contributed by atoms with Gasteiger partial charge in [-0.05, 0) is 12.1 Å². The summed E-state index contributed by atoms with van der Waals surface area (Å²) in [6.07, 6.45) is 1.77. The van der Waals surface area contributed by atoms with Crippen molar-refractivity contribution in [3.05, 3.63) is 42.1 Å². The third kappa shape index (κ3) is 1.84. The SMILES string of the molecule is O=C(c1cccc2ncccc12)C1CN2CCN1CC2.